The molecule has 0 spiro atoms. The molecule has 1 aromatic heterocycles. The quantitative estimate of drug-likeness (QED) is 0.563. The predicted molar refractivity (Wildman–Crippen MR) is 101 cm³/mol. The number of nitriles is 1. The van der Waals surface area contributed by atoms with Gasteiger partial charge in [-0.3, -0.25) is 5.32 Å². The molecule has 4 nitrogen and oxygen atoms in total. The maximum absolute atomic E-state index is 8.58. The Balaban J connectivity index is 1.65. The van der Waals surface area contributed by atoms with Crippen LogP contribution in [0.2, 0.25) is 0 Å². The number of unbranched alkanes of at least 4 members (excludes halogenated alkanes) is 1. The van der Waals surface area contributed by atoms with E-state index in [0.29, 0.717) is 19.6 Å². The van der Waals surface area contributed by atoms with Crippen molar-refractivity contribution in [3.8, 4) is 11.8 Å². The van der Waals surface area contributed by atoms with Crippen LogP contribution in [0.15, 0.2) is 77.4 Å². The van der Waals surface area contributed by atoms with E-state index in [1.54, 1.807) is 6.26 Å². The first-order valence-corrected chi connectivity index (χ1v) is 8.77. The molecule has 1 unspecified atom stereocenters. The van der Waals surface area contributed by atoms with Crippen LogP contribution in [0, 0.1) is 11.3 Å². The molecular formula is C22H22N2O2. The number of nitrogens with zero attached hydrogens (tertiary/aromatic N) is 1. The minimum absolute atomic E-state index is 0.00796. The molecule has 0 radical (unpaired) electrons. The summed E-state index contributed by atoms with van der Waals surface area (Å²) in [7, 11) is 0. The van der Waals surface area contributed by atoms with Gasteiger partial charge in [0, 0.05) is 13.0 Å². The molecule has 132 valence electrons. The van der Waals surface area contributed by atoms with Crippen LogP contribution in [-0.2, 0) is 6.54 Å². The second-order valence-electron chi connectivity index (χ2n) is 6.00. The van der Waals surface area contributed by atoms with E-state index in [1.807, 2.05) is 48.5 Å². The van der Waals surface area contributed by atoms with E-state index in [0.717, 1.165) is 29.1 Å². The van der Waals surface area contributed by atoms with Crippen molar-refractivity contribution in [2.45, 2.75) is 25.4 Å². The number of furan rings is 1. The molecule has 0 amide bonds. The number of rotatable bonds is 9. The van der Waals surface area contributed by atoms with Gasteiger partial charge in [0.25, 0.3) is 0 Å². The Kier molecular flexibility index (Phi) is 6.46. The molecule has 0 aliphatic rings. The van der Waals surface area contributed by atoms with Gasteiger partial charge in [0.05, 0.1) is 25.0 Å². The Morgan fingerprint density at radius 1 is 1.04 bits per heavy atom. The highest BCUT2D eigenvalue weighted by Gasteiger charge is 2.16. The molecule has 1 heterocycles. The lowest BCUT2D eigenvalue weighted by Crippen LogP contribution is -2.21. The van der Waals surface area contributed by atoms with Crippen LogP contribution in [0.5, 0.6) is 5.75 Å². The third-order valence-corrected chi connectivity index (χ3v) is 4.07. The smallest absolute Gasteiger partial charge is 0.125 e. The summed E-state index contributed by atoms with van der Waals surface area (Å²) in [6.07, 6.45) is 2.96. The van der Waals surface area contributed by atoms with Crippen LogP contribution < -0.4 is 10.1 Å². The average molecular weight is 346 g/mol. The molecule has 0 bridgehead atoms. The van der Waals surface area contributed by atoms with E-state index in [9.17, 15) is 0 Å². The van der Waals surface area contributed by atoms with Gasteiger partial charge < -0.3 is 9.15 Å². The molecule has 0 fully saturated rings. The van der Waals surface area contributed by atoms with Gasteiger partial charge in [0.15, 0.2) is 0 Å². The van der Waals surface area contributed by atoms with Crippen LogP contribution >= 0.6 is 0 Å². The molecule has 0 saturated heterocycles. The third-order valence-electron chi connectivity index (χ3n) is 4.07. The van der Waals surface area contributed by atoms with Crippen molar-refractivity contribution in [2.24, 2.45) is 0 Å². The van der Waals surface area contributed by atoms with E-state index in [4.69, 9.17) is 14.4 Å². The summed E-state index contributed by atoms with van der Waals surface area (Å²) in [5.74, 6) is 1.72. The molecule has 0 aliphatic heterocycles. The van der Waals surface area contributed by atoms with Gasteiger partial charge in [0.2, 0.25) is 0 Å². The maximum Gasteiger partial charge on any atom is 0.125 e. The normalized spacial score (nSPS) is 11.7. The lowest BCUT2D eigenvalue weighted by molar-refractivity contribution is 0.312. The zero-order valence-electron chi connectivity index (χ0n) is 14.6. The van der Waals surface area contributed by atoms with Crippen molar-refractivity contribution in [2.75, 3.05) is 6.61 Å². The molecule has 1 N–H and O–H groups in total. The summed E-state index contributed by atoms with van der Waals surface area (Å²) in [5, 5.41) is 12.1. The highest BCUT2D eigenvalue weighted by atomic mass is 16.5. The Morgan fingerprint density at radius 2 is 1.92 bits per heavy atom. The van der Waals surface area contributed by atoms with E-state index < -0.39 is 0 Å². The fourth-order valence-corrected chi connectivity index (χ4v) is 2.79. The lowest BCUT2D eigenvalue weighted by atomic mass is 10.0. The first-order chi connectivity index (χ1) is 12.9. The van der Waals surface area contributed by atoms with Crippen molar-refractivity contribution < 1.29 is 9.15 Å². The van der Waals surface area contributed by atoms with E-state index in [-0.39, 0.29) is 6.04 Å². The predicted octanol–water partition coefficient (Wildman–Crippen LogP) is 4.84. The molecule has 3 rings (SSSR count). The van der Waals surface area contributed by atoms with Crippen LogP contribution in [0.25, 0.3) is 0 Å². The minimum atomic E-state index is -0.00796. The van der Waals surface area contributed by atoms with E-state index in [2.05, 4.69) is 29.6 Å². The standard InChI is InChI=1S/C22H22N2O2/c23-13-4-5-14-25-20-11-6-8-18(16-20)17-24-22(21-12-7-15-26-21)19-9-2-1-3-10-19/h1-3,6-12,15-16,22,24H,4-5,14,17H2. The summed E-state index contributed by atoms with van der Waals surface area (Å²) < 4.78 is 11.3. The molecule has 2 aromatic carbocycles. The van der Waals surface area contributed by atoms with Gasteiger partial charge in [-0.1, -0.05) is 42.5 Å². The SMILES string of the molecule is N#CCCCOc1cccc(CNC(c2ccccc2)c2ccco2)c1. The Morgan fingerprint density at radius 3 is 2.69 bits per heavy atom. The minimum Gasteiger partial charge on any atom is -0.494 e. The first-order valence-electron chi connectivity index (χ1n) is 8.77. The van der Waals surface area contributed by atoms with Crippen LogP contribution in [0.3, 0.4) is 0 Å². The number of benzene rings is 2. The fourth-order valence-electron chi connectivity index (χ4n) is 2.79. The first kappa shape index (κ1) is 17.8. The molecule has 3 aromatic rings. The average Bonchev–Trinajstić information content (AvgIpc) is 3.21. The molecular weight excluding hydrogens is 324 g/mol. The van der Waals surface area contributed by atoms with Crippen LogP contribution in [0.1, 0.15) is 35.8 Å². The maximum atomic E-state index is 8.58. The van der Waals surface area contributed by atoms with Crippen molar-refractivity contribution in [1.29, 1.82) is 5.26 Å². The summed E-state index contributed by atoms with van der Waals surface area (Å²) in [4.78, 5) is 0. The van der Waals surface area contributed by atoms with Gasteiger partial charge >= 0.3 is 0 Å². The van der Waals surface area contributed by atoms with Crippen LogP contribution in [0.4, 0.5) is 0 Å². The number of ether oxygens (including phenoxy) is 1. The number of hydrogen-bond acceptors (Lipinski definition) is 4. The van der Waals surface area contributed by atoms with Gasteiger partial charge in [-0.25, -0.2) is 0 Å². The fraction of sp³-hybridized carbons (Fsp3) is 0.227. The molecule has 0 saturated carbocycles. The van der Waals surface area contributed by atoms with Crippen molar-refractivity contribution in [3.05, 3.63) is 89.9 Å². The molecule has 1 atom stereocenters. The second kappa shape index (κ2) is 9.45. The Labute approximate surface area is 154 Å². The topological polar surface area (TPSA) is 58.2 Å². The summed E-state index contributed by atoms with van der Waals surface area (Å²) in [5.41, 5.74) is 2.29. The molecule has 0 aliphatic carbocycles. The largest absolute Gasteiger partial charge is 0.494 e. The zero-order chi connectivity index (χ0) is 18.0. The Hall–Kier alpha value is -3.03. The van der Waals surface area contributed by atoms with E-state index >= 15 is 0 Å². The Bertz CT molecular complexity index is 823. The number of hydrogen-bond donors (Lipinski definition) is 1. The third kappa shape index (κ3) is 4.98. The summed E-state index contributed by atoms with van der Waals surface area (Å²) in [6.45, 7) is 1.25. The molecule has 4 heteroatoms. The lowest BCUT2D eigenvalue weighted by Gasteiger charge is -2.17. The number of nitrogens with one attached hydrogen (secondary N) is 1. The van der Waals surface area contributed by atoms with Crippen molar-refractivity contribution >= 4 is 0 Å². The van der Waals surface area contributed by atoms with Gasteiger partial charge in [-0.05, 0) is 41.8 Å². The van der Waals surface area contributed by atoms with Gasteiger partial charge in [-0.15, -0.1) is 0 Å². The summed E-state index contributed by atoms with van der Waals surface area (Å²) >= 11 is 0. The van der Waals surface area contributed by atoms with Crippen LogP contribution in [-0.4, -0.2) is 6.61 Å². The van der Waals surface area contributed by atoms with Crippen molar-refractivity contribution in [3.63, 3.8) is 0 Å². The summed E-state index contributed by atoms with van der Waals surface area (Å²) in [6, 6.07) is 24.3. The molecule has 26 heavy (non-hydrogen) atoms. The van der Waals surface area contributed by atoms with Crippen molar-refractivity contribution in [1.82, 2.24) is 5.32 Å². The van der Waals surface area contributed by atoms with Gasteiger partial charge in [0.1, 0.15) is 11.5 Å². The zero-order valence-corrected chi connectivity index (χ0v) is 14.6. The highest BCUT2D eigenvalue weighted by molar-refractivity contribution is 5.30. The van der Waals surface area contributed by atoms with Gasteiger partial charge in [-0.2, -0.15) is 5.26 Å². The van der Waals surface area contributed by atoms with E-state index in [1.165, 1.54) is 0 Å². The second-order valence-corrected chi connectivity index (χ2v) is 6.00. The monoisotopic (exact) mass is 346 g/mol. The highest BCUT2D eigenvalue weighted by Crippen LogP contribution is 2.23.